The van der Waals surface area contributed by atoms with Gasteiger partial charge in [-0.3, -0.25) is 4.68 Å². The van der Waals surface area contributed by atoms with Gasteiger partial charge in [-0.1, -0.05) is 17.7 Å². The Labute approximate surface area is 129 Å². The Morgan fingerprint density at radius 2 is 2.05 bits per heavy atom. The van der Waals surface area contributed by atoms with E-state index in [1.165, 1.54) is 0 Å². The van der Waals surface area contributed by atoms with E-state index in [0.29, 0.717) is 17.3 Å². The Morgan fingerprint density at radius 3 is 2.62 bits per heavy atom. The molecule has 0 spiro atoms. The molecule has 21 heavy (non-hydrogen) atoms. The first-order valence-electron chi connectivity index (χ1n) is 6.68. The van der Waals surface area contributed by atoms with Crippen LogP contribution >= 0.6 is 11.6 Å². The fraction of sp³-hybridized carbons (Fsp3) is 0.333. The SMILES string of the molecule is Cc1ccc(NC(=O)NCc2c(C)nn(C)c2C)c(Cl)c1. The lowest BCUT2D eigenvalue weighted by molar-refractivity contribution is 0.251. The average Bonchev–Trinajstić information content (AvgIpc) is 2.65. The van der Waals surface area contributed by atoms with E-state index < -0.39 is 0 Å². The molecule has 0 atom stereocenters. The van der Waals surface area contributed by atoms with Gasteiger partial charge in [0.15, 0.2) is 0 Å². The van der Waals surface area contributed by atoms with Crippen LogP contribution in [0.4, 0.5) is 10.5 Å². The summed E-state index contributed by atoms with van der Waals surface area (Å²) in [7, 11) is 1.89. The number of rotatable bonds is 3. The summed E-state index contributed by atoms with van der Waals surface area (Å²) in [5, 5.41) is 10.4. The molecule has 0 aliphatic carbocycles. The second-order valence-corrected chi connectivity index (χ2v) is 5.47. The van der Waals surface area contributed by atoms with Crippen LogP contribution in [0.3, 0.4) is 0 Å². The van der Waals surface area contributed by atoms with Crippen molar-refractivity contribution in [3.63, 3.8) is 0 Å². The van der Waals surface area contributed by atoms with Crippen LogP contribution in [0.15, 0.2) is 18.2 Å². The molecule has 0 aliphatic heterocycles. The Bertz CT molecular complexity index is 679. The zero-order valence-electron chi connectivity index (χ0n) is 12.6. The summed E-state index contributed by atoms with van der Waals surface area (Å²) in [6.07, 6.45) is 0. The van der Waals surface area contributed by atoms with E-state index in [4.69, 9.17) is 11.6 Å². The molecule has 0 bridgehead atoms. The minimum Gasteiger partial charge on any atom is -0.334 e. The van der Waals surface area contributed by atoms with E-state index in [-0.39, 0.29) is 6.03 Å². The van der Waals surface area contributed by atoms with E-state index in [1.54, 1.807) is 10.7 Å². The summed E-state index contributed by atoms with van der Waals surface area (Å²) in [5.41, 5.74) is 4.64. The molecule has 0 fully saturated rings. The normalized spacial score (nSPS) is 10.5. The van der Waals surface area contributed by atoms with Crippen molar-refractivity contribution >= 4 is 23.3 Å². The van der Waals surface area contributed by atoms with Crippen molar-refractivity contribution < 1.29 is 4.79 Å². The van der Waals surface area contributed by atoms with Gasteiger partial charge in [0.25, 0.3) is 0 Å². The van der Waals surface area contributed by atoms with Gasteiger partial charge in [-0.25, -0.2) is 4.79 Å². The second kappa shape index (κ2) is 6.18. The highest BCUT2D eigenvalue weighted by Crippen LogP contribution is 2.22. The summed E-state index contributed by atoms with van der Waals surface area (Å²) in [6, 6.07) is 5.21. The molecular formula is C15H19ClN4O. The van der Waals surface area contributed by atoms with Crippen LogP contribution in [0.5, 0.6) is 0 Å². The van der Waals surface area contributed by atoms with Crippen LogP contribution in [0.25, 0.3) is 0 Å². The number of nitrogens with zero attached hydrogens (tertiary/aromatic N) is 2. The maximum Gasteiger partial charge on any atom is 0.319 e. The van der Waals surface area contributed by atoms with Crippen molar-refractivity contribution in [1.29, 1.82) is 0 Å². The minimum absolute atomic E-state index is 0.289. The van der Waals surface area contributed by atoms with Gasteiger partial charge >= 0.3 is 6.03 Å². The summed E-state index contributed by atoms with van der Waals surface area (Å²) in [4.78, 5) is 11.9. The van der Waals surface area contributed by atoms with Gasteiger partial charge in [0.05, 0.1) is 16.4 Å². The summed E-state index contributed by atoms with van der Waals surface area (Å²) >= 11 is 6.09. The number of anilines is 1. The first kappa shape index (κ1) is 15.4. The second-order valence-electron chi connectivity index (χ2n) is 5.06. The molecule has 0 aliphatic rings. The number of nitrogens with one attached hydrogen (secondary N) is 2. The molecule has 112 valence electrons. The number of urea groups is 1. The van der Waals surface area contributed by atoms with Gasteiger partial charge in [0, 0.05) is 24.8 Å². The molecule has 2 aromatic rings. The van der Waals surface area contributed by atoms with Crippen molar-refractivity contribution in [3.05, 3.63) is 45.7 Å². The van der Waals surface area contributed by atoms with Crippen LogP contribution in [0, 0.1) is 20.8 Å². The Kier molecular flexibility index (Phi) is 4.53. The molecule has 2 N–H and O–H groups in total. The molecule has 1 aromatic carbocycles. The number of aryl methyl sites for hydroxylation is 3. The molecule has 1 aromatic heterocycles. The Hall–Kier alpha value is -2.01. The smallest absolute Gasteiger partial charge is 0.319 e. The number of hydrogen-bond acceptors (Lipinski definition) is 2. The van der Waals surface area contributed by atoms with Gasteiger partial charge in [-0.2, -0.15) is 5.10 Å². The van der Waals surface area contributed by atoms with Crippen molar-refractivity contribution in [2.75, 3.05) is 5.32 Å². The number of amides is 2. The van der Waals surface area contributed by atoms with Gasteiger partial charge in [-0.05, 0) is 38.5 Å². The number of carbonyl (C=O) groups excluding carboxylic acids is 1. The molecule has 6 heteroatoms. The first-order valence-corrected chi connectivity index (χ1v) is 7.06. The zero-order chi connectivity index (χ0) is 15.6. The third kappa shape index (κ3) is 3.55. The molecule has 0 unspecified atom stereocenters. The number of carbonyl (C=O) groups is 1. The molecule has 5 nitrogen and oxygen atoms in total. The van der Waals surface area contributed by atoms with E-state index in [1.807, 2.05) is 40.0 Å². The predicted octanol–water partition coefficient (Wildman–Crippen LogP) is 3.32. The fourth-order valence-electron chi connectivity index (χ4n) is 2.13. The van der Waals surface area contributed by atoms with Crippen molar-refractivity contribution in [2.45, 2.75) is 27.3 Å². The minimum atomic E-state index is -0.289. The lowest BCUT2D eigenvalue weighted by Crippen LogP contribution is -2.28. The van der Waals surface area contributed by atoms with Gasteiger partial charge in [0.1, 0.15) is 0 Å². The number of benzene rings is 1. The Morgan fingerprint density at radius 1 is 1.33 bits per heavy atom. The van der Waals surface area contributed by atoms with Crippen LogP contribution in [0.2, 0.25) is 5.02 Å². The monoisotopic (exact) mass is 306 g/mol. The van der Waals surface area contributed by atoms with Crippen molar-refractivity contribution in [3.8, 4) is 0 Å². The molecule has 0 saturated carbocycles. The van der Waals surface area contributed by atoms with Crippen LogP contribution < -0.4 is 10.6 Å². The first-order chi connectivity index (χ1) is 9.88. The lowest BCUT2D eigenvalue weighted by atomic mass is 10.2. The lowest BCUT2D eigenvalue weighted by Gasteiger charge is -2.10. The van der Waals surface area contributed by atoms with Gasteiger partial charge < -0.3 is 10.6 Å². The van der Waals surface area contributed by atoms with Crippen LogP contribution in [0.1, 0.15) is 22.5 Å². The van der Waals surface area contributed by atoms with Crippen LogP contribution in [-0.2, 0) is 13.6 Å². The Balaban J connectivity index is 1.99. The van der Waals surface area contributed by atoms with E-state index in [9.17, 15) is 4.79 Å². The molecule has 2 rings (SSSR count). The van der Waals surface area contributed by atoms with Crippen molar-refractivity contribution in [2.24, 2.45) is 7.05 Å². The van der Waals surface area contributed by atoms with Crippen LogP contribution in [-0.4, -0.2) is 15.8 Å². The molecular weight excluding hydrogens is 288 g/mol. The molecule has 0 saturated heterocycles. The van der Waals surface area contributed by atoms with Crippen molar-refractivity contribution in [1.82, 2.24) is 15.1 Å². The summed E-state index contributed by atoms with van der Waals surface area (Å²) in [5.74, 6) is 0. The van der Waals surface area contributed by atoms with Gasteiger partial charge in [0.2, 0.25) is 0 Å². The molecule has 0 radical (unpaired) electrons. The topological polar surface area (TPSA) is 59.0 Å². The molecule has 2 amide bonds. The predicted molar refractivity (Wildman–Crippen MR) is 84.7 cm³/mol. The standard InChI is InChI=1S/C15H19ClN4O/c1-9-5-6-14(13(16)7-9)18-15(21)17-8-12-10(2)19-20(4)11(12)3/h5-7H,8H2,1-4H3,(H2,17,18,21). The quantitative estimate of drug-likeness (QED) is 0.914. The number of halogens is 1. The van der Waals surface area contributed by atoms with Gasteiger partial charge in [-0.15, -0.1) is 0 Å². The van der Waals surface area contributed by atoms with E-state index in [2.05, 4.69) is 15.7 Å². The highest BCUT2D eigenvalue weighted by molar-refractivity contribution is 6.33. The summed E-state index contributed by atoms with van der Waals surface area (Å²) < 4.78 is 1.81. The number of hydrogen-bond donors (Lipinski definition) is 2. The third-order valence-corrected chi connectivity index (χ3v) is 3.77. The highest BCUT2D eigenvalue weighted by Gasteiger charge is 2.11. The zero-order valence-corrected chi connectivity index (χ0v) is 13.4. The average molecular weight is 307 g/mol. The van der Waals surface area contributed by atoms with E-state index in [0.717, 1.165) is 22.5 Å². The fourth-order valence-corrected chi connectivity index (χ4v) is 2.41. The summed E-state index contributed by atoms with van der Waals surface area (Å²) in [6.45, 7) is 6.29. The highest BCUT2D eigenvalue weighted by atomic mass is 35.5. The largest absolute Gasteiger partial charge is 0.334 e. The number of aromatic nitrogens is 2. The molecule has 1 heterocycles. The maximum absolute atomic E-state index is 11.9. The third-order valence-electron chi connectivity index (χ3n) is 3.46. The van der Waals surface area contributed by atoms with E-state index >= 15 is 0 Å². The maximum atomic E-state index is 11.9.